The molecule has 0 bridgehead atoms. The fourth-order valence-corrected chi connectivity index (χ4v) is 3.51. The minimum atomic E-state index is 0.110. The summed E-state index contributed by atoms with van der Waals surface area (Å²) >= 11 is 6.21. The summed E-state index contributed by atoms with van der Waals surface area (Å²) in [6.07, 6.45) is 7.52. The minimum absolute atomic E-state index is 0.110. The van der Waals surface area contributed by atoms with Crippen LogP contribution in [-0.4, -0.2) is 18.1 Å². The van der Waals surface area contributed by atoms with E-state index in [1.807, 2.05) is 12.1 Å². The van der Waals surface area contributed by atoms with Gasteiger partial charge in [0.1, 0.15) is 11.8 Å². The van der Waals surface area contributed by atoms with Gasteiger partial charge in [-0.25, -0.2) is 4.98 Å². The second kappa shape index (κ2) is 6.33. The maximum Gasteiger partial charge on any atom is 0.181 e. The molecular weight excluding hydrogens is 322 g/mol. The fourth-order valence-electron chi connectivity index (χ4n) is 3.29. The molecule has 0 saturated heterocycles. The third kappa shape index (κ3) is 3.05. The number of nitriles is 1. The third-order valence-corrected chi connectivity index (χ3v) is 5.16. The van der Waals surface area contributed by atoms with Crippen molar-refractivity contribution in [2.45, 2.75) is 32.7 Å². The molecule has 0 fully saturated rings. The highest BCUT2D eigenvalue weighted by Crippen LogP contribution is 2.41. The minimum Gasteiger partial charge on any atom is -0.444 e. The smallest absolute Gasteiger partial charge is 0.181 e. The summed E-state index contributed by atoms with van der Waals surface area (Å²) in [5.74, 6) is 0.835. The Bertz CT molecular complexity index is 803. The van der Waals surface area contributed by atoms with Gasteiger partial charge in [-0.2, -0.15) is 5.26 Å². The maximum absolute atomic E-state index is 9.05. The van der Waals surface area contributed by atoms with Crippen molar-refractivity contribution in [3.05, 3.63) is 53.2 Å². The van der Waals surface area contributed by atoms with Gasteiger partial charge >= 0.3 is 0 Å². The van der Waals surface area contributed by atoms with Gasteiger partial charge in [0.2, 0.25) is 0 Å². The van der Waals surface area contributed by atoms with E-state index in [0.717, 1.165) is 24.3 Å². The molecule has 0 amide bonds. The normalized spacial score (nSPS) is 19.5. The van der Waals surface area contributed by atoms with Crippen LogP contribution >= 0.6 is 11.6 Å². The van der Waals surface area contributed by atoms with Crippen molar-refractivity contribution in [1.82, 2.24) is 4.98 Å². The molecule has 1 heterocycles. The van der Waals surface area contributed by atoms with Gasteiger partial charge in [-0.1, -0.05) is 31.5 Å². The zero-order valence-electron chi connectivity index (χ0n) is 14.1. The van der Waals surface area contributed by atoms with Crippen molar-refractivity contribution in [3.63, 3.8) is 0 Å². The first-order valence-electron chi connectivity index (χ1n) is 7.94. The predicted octanol–water partition coefficient (Wildman–Crippen LogP) is 4.91. The molecule has 3 rings (SSSR count). The number of hydrogen-bond donors (Lipinski definition) is 0. The number of aromatic nitrogens is 1. The van der Waals surface area contributed by atoms with Crippen LogP contribution < -0.4 is 4.90 Å². The molecule has 1 aromatic carbocycles. The Morgan fingerprint density at radius 2 is 2.21 bits per heavy atom. The summed E-state index contributed by atoms with van der Waals surface area (Å²) in [4.78, 5) is 6.23. The van der Waals surface area contributed by atoms with Crippen molar-refractivity contribution < 1.29 is 4.42 Å². The Hall–Kier alpha value is -2.25. The molecule has 1 aromatic heterocycles. The van der Waals surface area contributed by atoms with Crippen LogP contribution in [-0.2, 0) is 0 Å². The van der Waals surface area contributed by atoms with Crippen LogP contribution in [0.25, 0.3) is 5.57 Å². The van der Waals surface area contributed by atoms with Crippen molar-refractivity contribution in [2.75, 3.05) is 11.9 Å². The van der Waals surface area contributed by atoms with Crippen molar-refractivity contribution in [2.24, 2.45) is 5.41 Å². The molecule has 0 saturated carbocycles. The van der Waals surface area contributed by atoms with Crippen LogP contribution in [0.2, 0.25) is 5.02 Å². The van der Waals surface area contributed by atoms with Crippen LogP contribution in [0.3, 0.4) is 0 Å². The predicted molar refractivity (Wildman–Crippen MR) is 95.9 cm³/mol. The van der Waals surface area contributed by atoms with E-state index in [1.54, 1.807) is 12.3 Å². The Labute approximate surface area is 147 Å². The summed E-state index contributed by atoms with van der Waals surface area (Å²) in [5.41, 5.74) is 2.78. The standard InChI is InChI=1S/C19H20ClN3O/c1-19(2)7-6-13(17-11-22-12-24-17)8-18(19)23(3)15-5-4-14(10-21)16(20)9-15/h4-5,8-9,11-12,18H,6-7H2,1-3H3. The number of halogens is 1. The van der Waals surface area contributed by atoms with Crippen LogP contribution in [0.15, 0.2) is 41.3 Å². The zero-order valence-corrected chi connectivity index (χ0v) is 14.8. The number of allylic oxidation sites excluding steroid dienone is 1. The summed E-state index contributed by atoms with van der Waals surface area (Å²) in [6.45, 7) is 4.54. The van der Waals surface area contributed by atoms with Gasteiger partial charge in [0.25, 0.3) is 0 Å². The van der Waals surface area contributed by atoms with E-state index in [1.165, 1.54) is 12.0 Å². The highest BCUT2D eigenvalue weighted by molar-refractivity contribution is 6.32. The molecule has 5 heteroatoms. The second-order valence-electron chi connectivity index (χ2n) is 6.88. The number of oxazole rings is 1. The largest absolute Gasteiger partial charge is 0.444 e. The summed E-state index contributed by atoms with van der Waals surface area (Å²) in [7, 11) is 2.06. The van der Waals surface area contributed by atoms with Gasteiger partial charge in [-0.05, 0) is 42.0 Å². The summed E-state index contributed by atoms with van der Waals surface area (Å²) in [5, 5.41) is 9.53. The maximum atomic E-state index is 9.05. The van der Waals surface area contributed by atoms with Gasteiger partial charge in [0.05, 0.1) is 22.8 Å². The number of hydrogen-bond acceptors (Lipinski definition) is 4. The van der Waals surface area contributed by atoms with Gasteiger partial charge in [0.15, 0.2) is 6.39 Å². The zero-order chi connectivity index (χ0) is 17.3. The van der Waals surface area contributed by atoms with Crippen LogP contribution in [0.5, 0.6) is 0 Å². The van der Waals surface area contributed by atoms with E-state index in [0.29, 0.717) is 10.6 Å². The van der Waals surface area contributed by atoms with Crippen molar-refractivity contribution in [3.8, 4) is 6.07 Å². The van der Waals surface area contributed by atoms with E-state index < -0.39 is 0 Å². The molecule has 0 radical (unpaired) electrons. The fraction of sp³-hybridized carbons (Fsp3) is 0.368. The first-order valence-corrected chi connectivity index (χ1v) is 8.32. The summed E-state index contributed by atoms with van der Waals surface area (Å²) < 4.78 is 5.47. The lowest BCUT2D eigenvalue weighted by molar-refractivity contribution is 0.284. The van der Waals surface area contributed by atoms with E-state index >= 15 is 0 Å². The average Bonchev–Trinajstić information content (AvgIpc) is 3.08. The Morgan fingerprint density at radius 1 is 1.42 bits per heavy atom. The molecule has 0 spiro atoms. The van der Waals surface area contributed by atoms with Crippen LogP contribution in [0, 0.1) is 16.7 Å². The van der Waals surface area contributed by atoms with Gasteiger partial charge in [-0.15, -0.1) is 0 Å². The van der Waals surface area contributed by atoms with Gasteiger partial charge in [-0.3, -0.25) is 0 Å². The Morgan fingerprint density at radius 3 is 2.83 bits per heavy atom. The highest BCUT2D eigenvalue weighted by Gasteiger charge is 2.35. The molecule has 4 nitrogen and oxygen atoms in total. The SMILES string of the molecule is CN(c1ccc(C#N)c(Cl)c1)C1C=C(c2cnco2)CCC1(C)C. The molecule has 1 aliphatic carbocycles. The van der Waals surface area contributed by atoms with E-state index in [4.69, 9.17) is 21.3 Å². The third-order valence-electron chi connectivity index (χ3n) is 4.84. The summed E-state index contributed by atoms with van der Waals surface area (Å²) in [6, 6.07) is 7.86. The van der Waals surface area contributed by atoms with Crippen molar-refractivity contribution >= 4 is 22.9 Å². The molecular formula is C19H20ClN3O. The van der Waals surface area contributed by atoms with Crippen molar-refractivity contribution in [1.29, 1.82) is 5.26 Å². The first-order chi connectivity index (χ1) is 11.4. The molecule has 124 valence electrons. The van der Waals surface area contributed by atoms with E-state index in [2.05, 4.69) is 42.9 Å². The number of anilines is 1. The quantitative estimate of drug-likeness (QED) is 0.796. The van der Waals surface area contributed by atoms with Gasteiger partial charge in [0, 0.05) is 12.7 Å². The molecule has 0 N–H and O–H groups in total. The average molecular weight is 342 g/mol. The monoisotopic (exact) mass is 341 g/mol. The molecule has 1 atom stereocenters. The van der Waals surface area contributed by atoms with Crippen LogP contribution in [0.4, 0.5) is 5.69 Å². The van der Waals surface area contributed by atoms with E-state index in [-0.39, 0.29) is 11.5 Å². The number of nitrogens with zero attached hydrogens (tertiary/aromatic N) is 3. The van der Waals surface area contributed by atoms with Crippen LogP contribution in [0.1, 0.15) is 38.0 Å². The molecule has 0 aliphatic heterocycles. The number of benzene rings is 1. The first kappa shape index (κ1) is 16.6. The number of rotatable bonds is 3. The topological polar surface area (TPSA) is 53.1 Å². The second-order valence-corrected chi connectivity index (χ2v) is 7.29. The molecule has 24 heavy (non-hydrogen) atoms. The van der Waals surface area contributed by atoms with Gasteiger partial charge < -0.3 is 9.32 Å². The Kier molecular flexibility index (Phi) is 4.38. The molecule has 1 aliphatic rings. The van der Waals surface area contributed by atoms with E-state index in [9.17, 15) is 0 Å². The highest BCUT2D eigenvalue weighted by atomic mass is 35.5. The Balaban J connectivity index is 1.96. The number of likely N-dealkylation sites (N-methyl/N-ethyl adjacent to an activating group) is 1. The lowest BCUT2D eigenvalue weighted by Crippen LogP contribution is -2.44. The molecule has 1 unspecified atom stereocenters. The lowest BCUT2D eigenvalue weighted by Gasteiger charge is -2.43. The lowest BCUT2D eigenvalue weighted by atomic mass is 9.73. The molecule has 2 aromatic rings.